The minimum Gasteiger partial charge on any atom is -0.497 e. The minimum absolute atomic E-state index is 0.160. The van der Waals surface area contributed by atoms with E-state index in [1.54, 1.807) is 43.5 Å². The van der Waals surface area contributed by atoms with Crippen molar-refractivity contribution in [2.75, 3.05) is 37.4 Å². The number of methoxy groups -OCH3 is 1. The molecule has 27 heavy (non-hydrogen) atoms. The molecule has 0 saturated carbocycles. The molecular weight excluding hydrogens is 366 g/mol. The second kappa shape index (κ2) is 9.94. The number of ether oxygens (including phenoxy) is 1. The number of benzene rings is 2. The molecule has 0 fully saturated rings. The van der Waals surface area contributed by atoms with Gasteiger partial charge in [-0.15, -0.1) is 0 Å². The fourth-order valence-electron chi connectivity index (χ4n) is 2.60. The molecule has 0 heterocycles. The van der Waals surface area contributed by atoms with E-state index in [4.69, 9.17) is 16.3 Å². The highest BCUT2D eigenvalue weighted by molar-refractivity contribution is 6.31. The van der Waals surface area contributed by atoms with Crippen LogP contribution in [0.25, 0.3) is 0 Å². The standard InChI is InChI=1S/C20H24ClN3O3/c1-4-24(12-19(25)22-16-6-5-7-17(11-16)27-3)13-20(26)23-18-10-15(21)9-8-14(18)2/h5-11H,4,12-13H2,1-3H3,(H,22,25)(H,23,26)/p+1. The van der Waals surface area contributed by atoms with Gasteiger partial charge in [0.25, 0.3) is 11.8 Å². The number of aryl methyl sites for hydroxylation is 1. The second-order valence-electron chi connectivity index (χ2n) is 6.24. The number of halogens is 1. The van der Waals surface area contributed by atoms with Crippen LogP contribution in [0, 0.1) is 6.92 Å². The number of carbonyl (C=O) groups excluding carboxylic acids is 2. The quantitative estimate of drug-likeness (QED) is 0.646. The lowest BCUT2D eigenvalue weighted by atomic mass is 10.2. The molecule has 0 saturated heterocycles. The Hall–Kier alpha value is -2.57. The third kappa shape index (κ3) is 6.58. The number of hydrogen-bond acceptors (Lipinski definition) is 3. The topological polar surface area (TPSA) is 71.9 Å². The number of amides is 2. The number of likely N-dealkylation sites (N-methyl/N-ethyl adjacent to an activating group) is 1. The molecule has 0 aromatic heterocycles. The first-order valence-electron chi connectivity index (χ1n) is 8.74. The predicted molar refractivity (Wildman–Crippen MR) is 108 cm³/mol. The normalized spacial score (nSPS) is 11.6. The van der Waals surface area contributed by atoms with Crippen molar-refractivity contribution in [3.05, 3.63) is 53.1 Å². The third-order valence-electron chi connectivity index (χ3n) is 4.15. The van der Waals surface area contributed by atoms with Gasteiger partial charge in [0.05, 0.1) is 13.7 Å². The SMILES string of the molecule is CC[NH+](CC(=O)Nc1cccc(OC)c1)CC(=O)Nc1cc(Cl)ccc1C. The highest BCUT2D eigenvalue weighted by atomic mass is 35.5. The summed E-state index contributed by atoms with van der Waals surface area (Å²) >= 11 is 5.98. The summed E-state index contributed by atoms with van der Waals surface area (Å²) in [5.41, 5.74) is 2.28. The van der Waals surface area contributed by atoms with Crippen LogP contribution < -0.4 is 20.3 Å². The summed E-state index contributed by atoms with van der Waals surface area (Å²) in [5, 5.41) is 6.26. The van der Waals surface area contributed by atoms with Crippen molar-refractivity contribution >= 4 is 34.8 Å². The van der Waals surface area contributed by atoms with Gasteiger partial charge >= 0.3 is 0 Å². The van der Waals surface area contributed by atoms with Gasteiger partial charge in [-0.1, -0.05) is 23.7 Å². The molecule has 0 radical (unpaired) electrons. The van der Waals surface area contributed by atoms with Crippen molar-refractivity contribution in [3.8, 4) is 5.75 Å². The van der Waals surface area contributed by atoms with E-state index in [1.165, 1.54) is 0 Å². The number of quaternary nitrogens is 1. The van der Waals surface area contributed by atoms with Crippen molar-refractivity contribution in [3.63, 3.8) is 0 Å². The molecule has 6 nitrogen and oxygen atoms in total. The first kappa shape index (κ1) is 20.7. The molecule has 1 unspecified atom stereocenters. The van der Waals surface area contributed by atoms with Crippen molar-refractivity contribution in [2.45, 2.75) is 13.8 Å². The summed E-state index contributed by atoms with van der Waals surface area (Å²) in [7, 11) is 1.57. The van der Waals surface area contributed by atoms with Crippen LogP contribution in [0.15, 0.2) is 42.5 Å². The number of nitrogens with one attached hydrogen (secondary N) is 3. The van der Waals surface area contributed by atoms with Crippen LogP contribution in [0.3, 0.4) is 0 Å². The van der Waals surface area contributed by atoms with E-state index in [-0.39, 0.29) is 24.9 Å². The Bertz CT molecular complexity index is 811. The lowest BCUT2D eigenvalue weighted by Crippen LogP contribution is -3.13. The van der Waals surface area contributed by atoms with Crippen LogP contribution in [-0.2, 0) is 9.59 Å². The van der Waals surface area contributed by atoms with Crippen molar-refractivity contribution in [1.29, 1.82) is 0 Å². The second-order valence-corrected chi connectivity index (χ2v) is 6.68. The van der Waals surface area contributed by atoms with Gasteiger partial charge in [0.2, 0.25) is 0 Å². The van der Waals surface area contributed by atoms with Crippen molar-refractivity contribution in [2.24, 2.45) is 0 Å². The number of anilines is 2. The Morgan fingerprint density at radius 1 is 1.07 bits per heavy atom. The molecule has 0 spiro atoms. The van der Waals surface area contributed by atoms with Crippen LogP contribution in [0.4, 0.5) is 11.4 Å². The Morgan fingerprint density at radius 2 is 1.78 bits per heavy atom. The van der Waals surface area contributed by atoms with Gasteiger partial charge in [-0.25, -0.2) is 0 Å². The van der Waals surface area contributed by atoms with Gasteiger partial charge in [0.15, 0.2) is 13.1 Å². The average molecular weight is 391 g/mol. The fourth-order valence-corrected chi connectivity index (χ4v) is 2.77. The van der Waals surface area contributed by atoms with E-state index in [9.17, 15) is 9.59 Å². The van der Waals surface area contributed by atoms with Crippen LogP contribution >= 0.6 is 11.6 Å². The molecule has 0 aliphatic rings. The molecule has 2 aromatic carbocycles. The molecule has 0 aliphatic heterocycles. The Kier molecular flexibility index (Phi) is 7.64. The zero-order chi connectivity index (χ0) is 19.8. The minimum atomic E-state index is -0.161. The summed E-state index contributed by atoms with van der Waals surface area (Å²) < 4.78 is 5.15. The monoisotopic (exact) mass is 390 g/mol. The van der Waals surface area contributed by atoms with Crippen LogP contribution in [0.2, 0.25) is 5.02 Å². The first-order valence-corrected chi connectivity index (χ1v) is 9.12. The number of rotatable bonds is 8. The largest absolute Gasteiger partial charge is 0.497 e. The lowest BCUT2D eigenvalue weighted by Gasteiger charge is -2.17. The molecule has 0 aliphatic carbocycles. The molecule has 0 bridgehead atoms. The molecule has 2 amide bonds. The predicted octanol–water partition coefficient (Wildman–Crippen LogP) is 2.14. The van der Waals surface area contributed by atoms with E-state index in [0.29, 0.717) is 28.7 Å². The zero-order valence-corrected chi connectivity index (χ0v) is 16.5. The summed E-state index contributed by atoms with van der Waals surface area (Å²) in [6.45, 7) is 4.86. The third-order valence-corrected chi connectivity index (χ3v) is 4.38. The summed E-state index contributed by atoms with van der Waals surface area (Å²) in [6.07, 6.45) is 0. The highest BCUT2D eigenvalue weighted by Crippen LogP contribution is 2.20. The fraction of sp³-hybridized carbons (Fsp3) is 0.300. The van der Waals surface area contributed by atoms with Gasteiger partial charge in [0.1, 0.15) is 5.75 Å². The Labute approximate surface area is 164 Å². The Balaban J connectivity index is 1.91. The van der Waals surface area contributed by atoms with E-state index < -0.39 is 0 Å². The molecule has 2 aromatic rings. The van der Waals surface area contributed by atoms with E-state index in [2.05, 4.69) is 10.6 Å². The van der Waals surface area contributed by atoms with Gasteiger partial charge in [-0.2, -0.15) is 0 Å². The van der Waals surface area contributed by atoms with Crippen molar-refractivity contribution < 1.29 is 19.2 Å². The van der Waals surface area contributed by atoms with E-state index in [1.807, 2.05) is 19.9 Å². The molecule has 1 atom stereocenters. The van der Waals surface area contributed by atoms with Crippen LogP contribution in [0.5, 0.6) is 5.75 Å². The maximum absolute atomic E-state index is 12.3. The summed E-state index contributed by atoms with van der Waals surface area (Å²) in [6, 6.07) is 12.5. The number of carbonyl (C=O) groups is 2. The van der Waals surface area contributed by atoms with E-state index in [0.717, 1.165) is 10.5 Å². The summed E-state index contributed by atoms with van der Waals surface area (Å²) in [5.74, 6) is 0.349. The van der Waals surface area contributed by atoms with Gasteiger partial charge in [-0.3, -0.25) is 9.59 Å². The summed E-state index contributed by atoms with van der Waals surface area (Å²) in [4.78, 5) is 25.5. The van der Waals surface area contributed by atoms with E-state index >= 15 is 0 Å². The maximum atomic E-state index is 12.3. The highest BCUT2D eigenvalue weighted by Gasteiger charge is 2.17. The maximum Gasteiger partial charge on any atom is 0.279 e. The average Bonchev–Trinajstić information content (AvgIpc) is 2.64. The van der Waals surface area contributed by atoms with Crippen LogP contribution in [-0.4, -0.2) is 38.6 Å². The first-order chi connectivity index (χ1) is 12.9. The molecule has 144 valence electrons. The lowest BCUT2D eigenvalue weighted by molar-refractivity contribution is -0.881. The van der Waals surface area contributed by atoms with Gasteiger partial charge in [0, 0.05) is 22.5 Å². The van der Waals surface area contributed by atoms with Gasteiger partial charge < -0.3 is 20.3 Å². The molecule has 7 heteroatoms. The number of hydrogen-bond donors (Lipinski definition) is 3. The molecular formula is C20H25ClN3O3+. The van der Waals surface area contributed by atoms with Crippen LogP contribution in [0.1, 0.15) is 12.5 Å². The van der Waals surface area contributed by atoms with Crippen molar-refractivity contribution in [1.82, 2.24) is 0 Å². The zero-order valence-electron chi connectivity index (χ0n) is 15.8. The molecule has 3 N–H and O–H groups in total. The Morgan fingerprint density at radius 3 is 2.44 bits per heavy atom. The molecule has 2 rings (SSSR count). The smallest absolute Gasteiger partial charge is 0.279 e. The van der Waals surface area contributed by atoms with Gasteiger partial charge in [-0.05, 0) is 43.7 Å².